The Morgan fingerprint density at radius 1 is 0.967 bits per heavy atom. The van der Waals surface area contributed by atoms with Crippen LogP contribution in [-0.2, 0) is 13.6 Å². The minimum absolute atomic E-state index is 0.196. The molecule has 9 nitrogen and oxygen atoms in total. The lowest BCUT2D eigenvalue weighted by Crippen LogP contribution is -2.26. The van der Waals surface area contributed by atoms with Gasteiger partial charge in [-0.2, -0.15) is 10.2 Å². The van der Waals surface area contributed by atoms with Gasteiger partial charge in [-0.25, -0.2) is 4.98 Å². The number of hydrogen-bond acceptors (Lipinski definition) is 5. The predicted octanol–water partition coefficient (Wildman–Crippen LogP) is 2.62. The molecular formula is C21H25N7O2. The van der Waals surface area contributed by atoms with E-state index in [1.165, 1.54) is 4.68 Å². The summed E-state index contributed by atoms with van der Waals surface area (Å²) in [6.07, 6.45) is 10.6. The molecule has 0 radical (unpaired) electrons. The highest BCUT2D eigenvalue weighted by atomic mass is 16.2. The van der Waals surface area contributed by atoms with Crippen molar-refractivity contribution in [3.8, 4) is 11.3 Å². The first-order valence-electron chi connectivity index (χ1n) is 10.2. The largest absolute Gasteiger partial charge is 0.351 e. The van der Waals surface area contributed by atoms with Crippen molar-refractivity contribution in [3.05, 3.63) is 48.2 Å². The number of aryl methyl sites for hydroxylation is 2. The van der Waals surface area contributed by atoms with Gasteiger partial charge in [0.1, 0.15) is 5.69 Å². The van der Waals surface area contributed by atoms with E-state index in [9.17, 15) is 9.59 Å². The summed E-state index contributed by atoms with van der Waals surface area (Å²) < 4.78 is 3.43. The van der Waals surface area contributed by atoms with Crippen molar-refractivity contribution in [1.29, 1.82) is 0 Å². The van der Waals surface area contributed by atoms with Crippen molar-refractivity contribution in [3.63, 3.8) is 0 Å². The molecule has 30 heavy (non-hydrogen) atoms. The number of rotatable bonds is 0. The molecule has 2 N–H and O–H groups in total. The number of hydrogen-bond donors (Lipinski definition) is 2. The van der Waals surface area contributed by atoms with Gasteiger partial charge >= 0.3 is 0 Å². The Balaban J connectivity index is 1.63. The predicted molar refractivity (Wildman–Crippen MR) is 112 cm³/mol. The number of carbonyl (C=O) groups excluding carboxylic acids is 2. The number of nitrogens with one attached hydrogen (secondary N) is 2. The van der Waals surface area contributed by atoms with Crippen molar-refractivity contribution < 1.29 is 9.59 Å². The van der Waals surface area contributed by atoms with E-state index in [-0.39, 0.29) is 17.3 Å². The van der Waals surface area contributed by atoms with E-state index in [0.717, 1.165) is 44.2 Å². The average molecular weight is 407 g/mol. The maximum Gasteiger partial charge on any atom is 0.274 e. The van der Waals surface area contributed by atoms with Gasteiger partial charge in [-0.3, -0.25) is 19.0 Å². The van der Waals surface area contributed by atoms with Crippen LogP contribution in [0, 0.1) is 0 Å². The third kappa shape index (κ3) is 4.56. The highest BCUT2D eigenvalue weighted by Gasteiger charge is 2.19. The molecule has 0 saturated heterocycles. The van der Waals surface area contributed by atoms with Crippen molar-refractivity contribution >= 4 is 17.5 Å². The number of anilines is 1. The molecule has 3 aromatic heterocycles. The van der Waals surface area contributed by atoms with E-state index in [2.05, 4.69) is 25.8 Å². The molecule has 0 saturated carbocycles. The van der Waals surface area contributed by atoms with Gasteiger partial charge in [-0.15, -0.1) is 0 Å². The molecule has 4 rings (SSSR count). The van der Waals surface area contributed by atoms with Gasteiger partial charge in [-0.1, -0.05) is 25.3 Å². The zero-order valence-corrected chi connectivity index (χ0v) is 17.0. The smallest absolute Gasteiger partial charge is 0.274 e. The highest BCUT2D eigenvalue weighted by molar-refractivity contribution is 6.07. The zero-order chi connectivity index (χ0) is 20.9. The first-order chi connectivity index (χ1) is 14.6. The van der Waals surface area contributed by atoms with E-state index >= 15 is 0 Å². The van der Waals surface area contributed by atoms with Crippen LogP contribution in [0.15, 0.2) is 36.8 Å². The minimum atomic E-state index is -0.399. The molecule has 0 atom stereocenters. The third-order valence-electron chi connectivity index (χ3n) is 5.05. The van der Waals surface area contributed by atoms with Gasteiger partial charge in [-0.05, 0) is 25.0 Å². The Bertz CT molecular complexity index is 1050. The summed E-state index contributed by atoms with van der Waals surface area (Å²) in [4.78, 5) is 29.8. The van der Waals surface area contributed by atoms with Gasteiger partial charge in [0.25, 0.3) is 11.8 Å². The van der Waals surface area contributed by atoms with Gasteiger partial charge in [0.2, 0.25) is 0 Å². The molecular weight excluding hydrogens is 382 g/mol. The fourth-order valence-electron chi connectivity index (χ4n) is 3.49. The van der Waals surface area contributed by atoms with Crippen LogP contribution in [-0.4, -0.2) is 42.9 Å². The molecule has 4 bridgehead atoms. The van der Waals surface area contributed by atoms with Gasteiger partial charge in [0, 0.05) is 38.1 Å². The number of fused-ring (bicyclic) bond motifs is 6. The molecule has 1 aliphatic heterocycles. The van der Waals surface area contributed by atoms with Crippen LogP contribution in [0.2, 0.25) is 0 Å². The van der Waals surface area contributed by atoms with E-state index in [0.29, 0.717) is 17.9 Å². The summed E-state index contributed by atoms with van der Waals surface area (Å²) in [7, 11) is 1.71. The van der Waals surface area contributed by atoms with Crippen LogP contribution < -0.4 is 10.6 Å². The first kappa shape index (κ1) is 19.8. The molecule has 0 unspecified atom stereocenters. The average Bonchev–Trinajstić information content (AvgIpc) is 3.36. The highest BCUT2D eigenvalue weighted by Crippen LogP contribution is 2.19. The van der Waals surface area contributed by atoms with Crippen LogP contribution in [0.4, 0.5) is 5.69 Å². The summed E-state index contributed by atoms with van der Waals surface area (Å²) in [5.74, 6) is -0.693. The Morgan fingerprint density at radius 3 is 2.67 bits per heavy atom. The second-order valence-corrected chi connectivity index (χ2v) is 7.44. The normalized spacial score (nSPS) is 15.9. The fourth-order valence-corrected chi connectivity index (χ4v) is 3.49. The summed E-state index contributed by atoms with van der Waals surface area (Å²) in [6, 6.07) is 5.28. The molecule has 4 heterocycles. The van der Waals surface area contributed by atoms with Gasteiger partial charge < -0.3 is 10.6 Å². The SMILES string of the molecule is Cn1cc2c(n1)C(=O)NCCCCCCCn1cc(cn1)-c1cccc(n1)C(=O)N2. The lowest BCUT2D eigenvalue weighted by Gasteiger charge is -2.07. The molecule has 2 amide bonds. The Hall–Kier alpha value is -3.49. The Labute approximate surface area is 174 Å². The van der Waals surface area contributed by atoms with Crippen LogP contribution in [0.25, 0.3) is 11.3 Å². The molecule has 1 aliphatic rings. The molecule has 0 aromatic carbocycles. The van der Waals surface area contributed by atoms with Crippen LogP contribution in [0.5, 0.6) is 0 Å². The minimum Gasteiger partial charge on any atom is -0.351 e. The number of aromatic nitrogens is 5. The quantitative estimate of drug-likeness (QED) is 0.596. The maximum atomic E-state index is 12.8. The van der Waals surface area contributed by atoms with Crippen molar-refractivity contribution in [2.75, 3.05) is 11.9 Å². The zero-order valence-electron chi connectivity index (χ0n) is 17.0. The monoisotopic (exact) mass is 407 g/mol. The molecule has 0 fully saturated rings. The summed E-state index contributed by atoms with van der Waals surface area (Å²) >= 11 is 0. The van der Waals surface area contributed by atoms with Gasteiger partial charge in [0.15, 0.2) is 5.69 Å². The van der Waals surface area contributed by atoms with Crippen molar-refractivity contribution in [1.82, 2.24) is 29.9 Å². The van der Waals surface area contributed by atoms with E-state index in [1.54, 1.807) is 31.6 Å². The second-order valence-electron chi connectivity index (χ2n) is 7.44. The lowest BCUT2D eigenvalue weighted by atomic mass is 10.1. The van der Waals surface area contributed by atoms with Gasteiger partial charge in [0.05, 0.1) is 17.6 Å². The molecule has 156 valence electrons. The summed E-state index contributed by atoms with van der Waals surface area (Å²) in [5, 5.41) is 14.3. The second kappa shape index (κ2) is 8.89. The number of amides is 2. The topological polar surface area (TPSA) is 107 Å². The van der Waals surface area contributed by atoms with Crippen molar-refractivity contribution in [2.24, 2.45) is 7.05 Å². The molecule has 0 aliphatic carbocycles. The van der Waals surface area contributed by atoms with E-state index < -0.39 is 5.91 Å². The standard InChI is InChI=1S/C21H25N7O2/c1-27-14-18-19(26-27)21(30)22-10-5-3-2-4-6-11-28-13-15(12-23-28)16-8-7-9-17(24-16)20(29)25-18/h7-9,12-14H,2-6,10-11H2,1H3,(H,22,30)(H,25,29). The Kier molecular flexibility index (Phi) is 5.87. The summed E-state index contributed by atoms with van der Waals surface area (Å²) in [6.45, 7) is 1.42. The van der Waals surface area contributed by atoms with Crippen LogP contribution in [0.3, 0.4) is 0 Å². The number of carbonyl (C=O) groups is 2. The van der Waals surface area contributed by atoms with E-state index in [1.807, 2.05) is 16.9 Å². The summed E-state index contributed by atoms with van der Waals surface area (Å²) in [5.41, 5.74) is 2.35. The lowest BCUT2D eigenvalue weighted by molar-refractivity contribution is 0.0948. The number of pyridine rings is 1. The number of nitrogens with zero attached hydrogens (tertiary/aromatic N) is 5. The van der Waals surface area contributed by atoms with Crippen LogP contribution in [0.1, 0.15) is 53.1 Å². The molecule has 0 spiro atoms. The molecule has 9 heteroatoms. The van der Waals surface area contributed by atoms with E-state index in [4.69, 9.17) is 0 Å². The first-order valence-corrected chi connectivity index (χ1v) is 10.2. The fraction of sp³-hybridized carbons (Fsp3) is 0.381. The van der Waals surface area contributed by atoms with Crippen LogP contribution >= 0.6 is 0 Å². The maximum absolute atomic E-state index is 12.8. The molecule has 3 aromatic rings. The Morgan fingerprint density at radius 2 is 1.77 bits per heavy atom. The van der Waals surface area contributed by atoms with Crippen molar-refractivity contribution in [2.45, 2.75) is 38.6 Å². The third-order valence-corrected chi connectivity index (χ3v) is 5.05.